The summed E-state index contributed by atoms with van der Waals surface area (Å²) in [5, 5.41) is 12.0. The van der Waals surface area contributed by atoms with Crippen molar-refractivity contribution in [2.24, 2.45) is 0 Å². The number of carbonyl (C=O) groups excluding carboxylic acids is 1. The summed E-state index contributed by atoms with van der Waals surface area (Å²) in [6, 6.07) is 4.32. The Morgan fingerprint density at radius 1 is 1.26 bits per heavy atom. The van der Waals surface area contributed by atoms with E-state index in [1.54, 1.807) is 4.90 Å². The lowest BCUT2D eigenvalue weighted by Gasteiger charge is -2.24. The molecular formula is C23H27F3N8O. The molecule has 9 nitrogen and oxygen atoms in total. The molecule has 1 spiro atoms. The monoisotopic (exact) mass is 488 g/mol. The van der Waals surface area contributed by atoms with Crippen LogP contribution in [0.1, 0.15) is 49.7 Å². The van der Waals surface area contributed by atoms with Gasteiger partial charge < -0.3 is 16.0 Å². The molecule has 0 aromatic carbocycles. The Bertz CT molecular complexity index is 1270. The Morgan fingerprint density at radius 3 is 2.74 bits per heavy atom. The van der Waals surface area contributed by atoms with Crippen LogP contribution in [0.2, 0.25) is 0 Å². The number of nitrogens with one attached hydrogen (secondary N) is 1. The van der Waals surface area contributed by atoms with Crippen LogP contribution >= 0.6 is 0 Å². The molecular weight excluding hydrogens is 461 g/mol. The van der Waals surface area contributed by atoms with E-state index in [1.165, 1.54) is 6.20 Å². The van der Waals surface area contributed by atoms with Gasteiger partial charge in [0, 0.05) is 55.2 Å². The van der Waals surface area contributed by atoms with Gasteiger partial charge >= 0.3 is 12.2 Å². The minimum Gasteiger partial charge on any atom is -0.383 e. The fourth-order valence-electron chi connectivity index (χ4n) is 5.04. The molecule has 2 amide bonds. The number of nitrogens with zero attached hydrogens (tertiary/aromatic N) is 6. The number of anilines is 1. The number of aryl methyl sites for hydroxylation is 2. The second-order valence-corrected chi connectivity index (χ2v) is 9.26. The van der Waals surface area contributed by atoms with Crippen molar-refractivity contribution in [3.05, 3.63) is 47.5 Å². The highest BCUT2D eigenvalue weighted by Crippen LogP contribution is 2.44. The van der Waals surface area contributed by atoms with Crippen LogP contribution in [0.15, 0.2) is 30.6 Å². The fourth-order valence-corrected chi connectivity index (χ4v) is 5.04. The van der Waals surface area contributed by atoms with Gasteiger partial charge in [0.15, 0.2) is 0 Å². The number of hydrogen-bond acceptors (Lipinski definition) is 5. The highest BCUT2D eigenvalue weighted by molar-refractivity contribution is 5.75. The predicted octanol–water partition coefficient (Wildman–Crippen LogP) is 3.58. The zero-order valence-corrected chi connectivity index (χ0v) is 19.5. The Hall–Kier alpha value is -3.57. The fraction of sp³-hybridized carbons (Fsp3) is 0.478. The molecule has 1 fully saturated rings. The lowest BCUT2D eigenvalue weighted by molar-refractivity contribution is -0.137. The Morgan fingerprint density at radius 2 is 2.03 bits per heavy atom. The number of likely N-dealkylation sites (tertiary alicyclic amines) is 1. The summed E-state index contributed by atoms with van der Waals surface area (Å²) < 4.78 is 43.5. The second kappa shape index (κ2) is 8.28. The summed E-state index contributed by atoms with van der Waals surface area (Å²) in [6.07, 6.45) is 0.184. The van der Waals surface area contributed by atoms with Gasteiger partial charge in [0.1, 0.15) is 5.82 Å². The van der Waals surface area contributed by atoms with Crippen molar-refractivity contribution in [1.29, 1.82) is 0 Å². The number of fused-ring (bicyclic) bond motifs is 2. The van der Waals surface area contributed by atoms with E-state index in [0.717, 1.165) is 36.8 Å². The quantitative estimate of drug-likeness (QED) is 0.584. The van der Waals surface area contributed by atoms with E-state index in [0.29, 0.717) is 25.3 Å². The van der Waals surface area contributed by atoms with E-state index in [9.17, 15) is 18.0 Å². The van der Waals surface area contributed by atoms with Gasteiger partial charge in [-0.25, -0.2) is 9.78 Å². The summed E-state index contributed by atoms with van der Waals surface area (Å²) in [7, 11) is 0. The second-order valence-electron chi connectivity index (χ2n) is 9.26. The summed E-state index contributed by atoms with van der Waals surface area (Å²) in [6.45, 7) is 6.41. The number of pyridine rings is 1. The van der Waals surface area contributed by atoms with Gasteiger partial charge in [0.25, 0.3) is 0 Å². The molecule has 3 N–H and O–H groups in total. The number of aromatic nitrogens is 5. The average Bonchev–Trinajstić information content (AvgIpc) is 3.59. The lowest BCUT2D eigenvalue weighted by Crippen LogP contribution is -2.41. The number of urea groups is 1. The van der Waals surface area contributed by atoms with Crippen LogP contribution in [0.3, 0.4) is 0 Å². The highest BCUT2D eigenvalue weighted by Gasteiger charge is 2.47. The normalized spacial score (nSPS) is 20.4. The summed E-state index contributed by atoms with van der Waals surface area (Å²) in [5.41, 5.74) is 6.60. The maximum Gasteiger partial charge on any atom is 0.419 e. The predicted molar refractivity (Wildman–Crippen MR) is 122 cm³/mol. The van der Waals surface area contributed by atoms with Gasteiger partial charge in [0.2, 0.25) is 0 Å². The first-order valence-corrected chi connectivity index (χ1v) is 11.6. The van der Waals surface area contributed by atoms with Gasteiger partial charge in [-0.05, 0) is 44.9 Å². The third-order valence-electron chi connectivity index (χ3n) is 7.06. The minimum absolute atomic E-state index is 0.156. The van der Waals surface area contributed by atoms with E-state index in [2.05, 4.69) is 20.5 Å². The van der Waals surface area contributed by atoms with Crippen LogP contribution in [0.25, 0.3) is 11.3 Å². The third-order valence-corrected chi connectivity index (χ3v) is 7.06. The molecule has 186 valence electrons. The molecule has 2 aliphatic heterocycles. The van der Waals surface area contributed by atoms with Gasteiger partial charge in [-0.2, -0.15) is 23.4 Å². The molecule has 0 radical (unpaired) electrons. The molecule has 0 bridgehead atoms. The topological polar surface area (TPSA) is 107 Å². The minimum atomic E-state index is -4.60. The summed E-state index contributed by atoms with van der Waals surface area (Å²) in [4.78, 5) is 18.5. The van der Waals surface area contributed by atoms with Gasteiger partial charge in [0.05, 0.1) is 23.0 Å². The SMILES string of the molecule is CCn1ccc(C(C)NC(=O)N2CC[C@]3(CCn4nc(-c5cnc(N)c(C(F)(F)F)c5)cc43)C2)n1. The molecule has 1 unspecified atom stereocenters. The maximum absolute atomic E-state index is 13.3. The van der Waals surface area contributed by atoms with Crippen molar-refractivity contribution < 1.29 is 18.0 Å². The molecule has 3 aromatic heterocycles. The van der Waals surface area contributed by atoms with Gasteiger partial charge in [-0.3, -0.25) is 9.36 Å². The molecule has 5 heterocycles. The van der Waals surface area contributed by atoms with Crippen molar-refractivity contribution in [2.45, 2.75) is 57.4 Å². The third kappa shape index (κ3) is 4.10. The average molecular weight is 489 g/mol. The Labute approximate surface area is 200 Å². The van der Waals surface area contributed by atoms with E-state index in [1.807, 2.05) is 41.5 Å². The lowest BCUT2D eigenvalue weighted by atomic mass is 9.82. The number of carbonyl (C=O) groups is 1. The van der Waals surface area contributed by atoms with Crippen LogP contribution in [-0.2, 0) is 24.7 Å². The maximum atomic E-state index is 13.3. The molecule has 0 aliphatic carbocycles. The van der Waals surface area contributed by atoms with Crippen molar-refractivity contribution in [3.8, 4) is 11.3 Å². The summed E-state index contributed by atoms with van der Waals surface area (Å²) in [5.74, 6) is -0.558. The Kier molecular flexibility index (Phi) is 5.48. The van der Waals surface area contributed by atoms with Crippen molar-refractivity contribution in [2.75, 3.05) is 18.8 Å². The molecule has 0 saturated carbocycles. The number of nitrogen functional groups attached to an aromatic ring is 1. The number of amides is 2. The van der Waals surface area contributed by atoms with Crippen LogP contribution in [0.5, 0.6) is 0 Å². The standard InChI is InChI=1S/C23H27F3N8O/c1-3-33-7-4-17(30-33)14(2)29-21(35)32-8-5-22(13-32)6-9-34-19(22)11-18(31-34)15-10-16(23(24,25)26)20(27)28-12-15/h4,7,10-12,14H,3,5-6,8-9,13H2,1-2H3,(H2,27,28)(H,29,35)/t14?,22-/m0/s1. The molecule has 12 heteroatoms. The van der Waals surface area contributed by atoms with Crippen molar-refractivity contribution in [1.82, 2.24) is 34.8 Å². The van der Waals surface area contributed by atoms with Crippen LogP contribution < -0.4 is 11.1 Å². The van der Waals surface area contributed by atoms with Crippen LogP contribution in [-0.4, -0.2) is 48.6 Å². The smallest absolute Gasteiger partial charge is 0.383 e. The zero-order valence-electron chi connectivity index (χ0n) is 19.5. The van der Waals surface area contributed by atoms with Crippen LogP contribution in [0, 0.1) is 0 Å². The van der Waals surface area contributed by atoms with Crippen LogP contribution in [0.4, 0.5) is 23.8 Å². The highest BCUT2D eigenvalue weighted by atomic mass is 19.4. The largest absolute Gasteiger partial charge is 0.419 e. The van der Waals surface area contributed by atoms with E-state index >= 15 is 0 Å². The molecule has 2 atom stereocenters. The number of hydrogen-bond donors (Lipinski definition) is 2. The van der Waals surface area contributed by atoms with Crippen molar-refractivity contribution in [3.63, 3.8) is 0 Å². The molecule has 3 aromatic rings. The summed E-state index contributed by atoms with van der Waals surface area (Å²) >= 11 is 0. The Balaban J connectivity index is 1.32. The molecule has 35 heavy (non-hydrogen) atoms. The van der Waals surface area contributed by atoms with Crippen molar-refractivity contribution >= 4 is 11.8 Å². The first kappa shape index (κ1) is 23.2. The molecule has 1 saturated heterocycles. The number of rotatable bonds is 4. The van der Waals surface area contributed by atoms with Gasteiger partial charge in [-0.15, -0.1) is 0 Å². The van der Waals surface area contributed by atoms with E-state index in [-0.39, 0.29) is 23.1 Å². The van der Waals surface area contributed by atoms with E-state index in [4.69, 9.17) is 5.73 Å². The zero-order chi connectivity index (χ0) is 25.0. The molecule has 2 aliphatic rings. The molecule has 5 rings (SSSR count). The van der Waals surface area contributed by atoms with E-state index < -0.39 is 17.6 Å². The number of nitrogens with two attached hydrogens (primary N) is 1. The first-order valence-electron chi connectivity index (χ1n) is 11.6. The van der Waals surface area contributed by atoms with Gasteiger partial charge in [-0.1, -0.05) is 0 Å². The number of alkyl halides is 3. The number of halogens is 3. The first-order chi connectivity index (χ1) is 16.6.